The third-order valence-electron chi connectivity index (χ3n) is 3.30. The maximum absolute atomic E-state index is 5.38. The van der Waals surface area contributed by atoms with E-state index >= 15 is 0 Å². The second-order valence-electron chi connectivity index (χ2n) is 5.11. The zero-order chi connectivity index (χ0) is 10.5. The topological polar surface area (TPSA) is 18.5 Å². The van der Waals surface area contributed by atoms with Crippen LogP contribution >= 0.6 is 0 Å². The molecule has 0 unspecified atom stereocenters. The summed E-state index contributed by atoms with van der Waals surface area (Å²) >= 11 is 0. The average molecular weight is 206 g/mol. The fraction of sp³-hybridized carbons (Fsp3) is 0.500. The van der Waals surface area contributed by atoms with Crippen LogP contribution in [0.5, 0.6) is 11.5 Å². The monoisotopic (exact) mass is 206 g/mol. The Bertz CT molecular complexity index is 393. The Hall–Kier alpha value is -1.22. The molecule has 3 rings (SSSR count). The van der Waals surface area contributed by atoms with Crippen molar-refractivity contribution in [3.63, 3.8) is 0 Å². The van der Waals surface area contributed by atoms with Crippen LogP contribution in [-0.4, -0.2) is 38.5 Å². The van der Waals surface area contributed by atoms with Crippen molar-refractivity contribution < 1.29 is 14.0 Å². The zero-order valence-electron chi connectivity index (χ0n) is 9.19. The Morgan fingerprint density at radius 1 is 1.13 bits per heavy atom. The van der Waals surface area contributed by atoms with E-state index in [4.69, 9.17) is 9.47 Å². The number of hydrogen-bond acceptors (Lipinski definition) is 2. The van der Waals surface area contributed by atoms with Crippen molar-refractivity contribution >= 4 is 0 Å². The highest BCUT2D eigenvalue weighted by Crippen LogP contribution is 2.38. The van der Waals surface area contributed by atoms with Gasteiger partial charge in [0.1, 0.15) is 0 Å². The number of likely N-dealkylation sites (tertiary alicyclic amines) is 1. The van der Waals surface area contributed by atoms with Gasteiger partial charge in [0.15, 0.2) is 11.5 Å². The van der Waals surface area contributed by atoms with E-state index in [0.717, 1.165) is 16.0 Å². The molecule has 1 aromatic carbocycles. The number of quaternary nitrogens is 1. The van der Waals surface area contributed by atoms with Crippen LogP contribution in [0.1, 0.15) is 11.5 Å². The molecule has 2 heterocycles. The maximum atomic E-state index is 5.38. The van der Waals surface area contributed by atoms with Crippen LogP contribution in [0.3, 0.4) is 0 Å². The van der Waals surface area contributed by atoms with Gasteiger partial charge in [-0.1, -0.05) is 6.07 Å². The Morgan fingerprint density at radius 2 is 1.87 bits per heavy atom. The molecule has 0 atom stereocenters. The number of benzene rings is 1. The van der Waals surface area contributed by atoms with E-state index in [1.807, 2.05) is 6.07 Å². The summed E-state index contributed by atoms with van der Waals surface area (Å²) in [7, 11) is 4.53. The third-order valence-corrected chi connectivity index (χ3v) is 3.30. The van der Waals surface area contributed by atoms with Crippen molar-refractivity contribution in [1.82, 2.24) is 0 Å². The molecule has 1 fully saturated rings. The first kappa shape index (κ1) is 9.04. The molecule has 1 aromatic rings. The second-order valence-corrected chi connectivity index (χ2v) is 5.11. The predicted molar refractivity (Wildman–Crippen MR) is 57.1 cm³/mol. The largest absolute Gasteiger partial charge is 0.454 e. The number of hydrogen-bond donors (Lipinski definition) is 0. The minimum Gasteiger partial charge on any atom is -0.454 e. The van der Waals surface area contributed by atoms with E-state index in [9.17, 15) is 0 Å². The second kappa shape index (κ2) is 2.89. The summed E-state index contributed by atoms with van der Waals surface area (Å²) in [5.74, 6) is 2.48. The van der Waals surface area contributed by atoms with Gasteiger partial charge in [-0.2, -0.15) is 0 Å². The van der Waals surface area contributed by atoms with Gasteiger partial charge in [0, 0.05) is 0 Å². The molecule has 0 N–H and O–H groups in total. The Balaban J connectivity index is 1.83. The van der Waals surface area contributed by atoms with Gasteiger partial charge in [0.25, 0.3) is 0 Å². The van der Waals surface area contributed by atoms with Gasteiger partial charge in [-0.3, -0.25) is 0 Å². The number of rotatable bonds is 1. The van der Waals surface area contributed by atoms with E-state index in [2.05, 4.69) is 26.2 Å². The molecule has 3 nitrogen and oxygen atoms in total. The smallest absolute Gasteiger partial charge is 0.231 e. The Morgan fingerprint density at radius 3 is 2.60 bits per heavy atom. The standard InChI is InChI=1S/C12H16NO2/c1-13(2)6-10(7-13)9-3-4-11-12(5-9)15-8-14-11/h3-5,10H,6-8H2,1-2H3/q+1. The summed E-state index contributed by atoms with van der Waals surface area (Å²) in [6, 6.07) is 6.32. The quantitative estimate of drug-likeness (QED) is 0.650. The van der Waals surface area contributed by atoms with E-state index in [0.29, 0.717) is 12.7 Å². The summed E-state index contributed by atoms with van der Waals surface area (Å²) in [6.45, 7) is 2.81. The summed E-state index contributed by atoms with van der Waals surface area (Å²) in [5.41, 5.74) is 1.39. The highest BCUT2D eigenvalue weighted by Gasteiger charge is 2.38. The molecule has 0 aliphatic carbocycles. The van der Waals surface area contributed by atoms with Crippen molar-refractivity contribution in [3.8, 4) is 11.5 Å². The summed E-state index contributed by atoms with van der Waals surface area (Å²) in [4.78, 5) is 0. The van der Waals surface area contributed by atoms with Gasteiger partial charge >= 0.3 is 0 Å². The van der Waals surface area contributed by atoms with E-state index in [1.165, 1.54) is 18.7 Å². The molecule has 0 bridgehead atoms. The highest BCUT2D eigenvalue weighted by molar-refractivity contribution is 5.45. The zero-order valence-corrected chi connectivity index (χ0v) is 9.19. The molecule has 0 aromatic heterocycles. The summed E-state index contributed by atoms with van der Waals surface area (Å²) in [6.07, 6.45) is 0. The van der Waals surface area contributed by atoms with Crippen LogP contribution in [0.25, 0.3) is 0 Å². The van der Waals surface area contributed by atoms with Crippen LogP contribution in [0.4, 0.5) is 0 Å². The molecular weight excluding hydrogens is 190 g/mol. The van der Waals surface area contributed by atoms with Crippen LogP contribution in [0, 0.1) is 0 Å². The fourth-order valence-corrected chi connectivity index (χ4v) is 2.52. The highest BCUT2D eigenvalue weighted by atomic mass is 16.7. The molecule has 1 saturated heterocycles. The molecular formula is C12H16NO2+. The minimum absolute atomic E-state index is 0.366. The van der Waals surface area contributed by atoms with Gasteiger partial charge in [-0.05, 0) is 17.7 Å². The van der Waals surface area contributed by atoms with E-state index in [-0.39, 0.29) is 0 Å². The average Bonchev–Trinajstić information content (AvgIpc) is 2.60. The molecule has 0 radical (unpaired) electrons. The van der Waals surface area contributed by atoms with Gasteiger partial charge < -0.3 is 14.0 Å². The van der Waals surface area contributed by atoms with E-state index < -0.39 is 0 Å². The molecule has 0 saturated carbocycles. The summed E-state index contributed by atoms with van der Waals surface area (Å²) in [5, 5.41) is 0. The van der Waals surface area contributed by atoms with Crippen LogP contribution in [0.15, 0.2) is 18.2 Å². The Labute approximate surface area is 89.8 Å². The van der Waals surface area contributed by atoms with Crippen molar-refractivity contribution in [2.45, 2.75) is 5.92 Å². The molecule has 80 valence electrons. The fourth-order valence-electron chi connectivity index (χ4n) is 2.52. The molecule has 2 aliphatic rings. The molecule has 3 heteroatoms. The lowest BCUT2D eigenvalue weighted by molar-refractivity contribution is -0.932. The summed E-state index contributed by atoms with van der Waals surface area (Å²) < 4.78 is 11.8. The van der Waals surface area contributed by atoms with Crippen molar-refractivity contribution in [2.75, 3.05) is 34.0 Å². The van der Waals surface area contributed by atoms with Crippen LogP contribution in [0.2, 0.25) is 0 Å². The maximum Gasteiger partial charge on any atom is 0.231 e. The first-order chi connectivity index (χ1) is 7.14. The first-order valence-electron chi connectivity index (χ1n) is 5.36. The number of likely N-dealkylation sites (N-methyl/N-ethyl adjacent to an activating group) is 1. The van der Waals surface area contributed by atoms with Crippen LogP contribution in [-0.2, 0) is 0 Å². The lowest BCUT2D eigenvalue weighted by atomic mass is 9.90. The van der Waals surface area contributed by atoms with Crippen LogP contribution < -0.4 is 9.47 Å². The molecule has 0 amide bonds. The number of ether oxygens (including phenoxy) is 2. The molecule has 2 aliphatic heterocycles. The van der Waals surface area contributed by atoms with Crippen molar-refractivity contribution in [1.29, 1.82) is 0 Å². The Kier molecular flexibility index (Phi) is 1.74. The number of fused-ring (bicyclic) bond motifs is 1. The normalized spacial score (nSPS) is 22.5. The minimum atomic E-state index is 0.366. The van der Waals surface area contributed by atoms with Crippen molar-refractivity contribution in [2.24, 2.45) is 0 Å². The lowest BCUT2D eigenvalue weighted by Crippen LogP contribution is -2.56. The van der Waals surface area contributed by atoms with Gasteiger partial charge in [0.05, 0.1) is 33.1 Å². The SMILES string of the molecule is C[N+]1(C)CC(c2ccc3c(c2)OCO3)C1. The van der Waals surface area contributed by atoms with Gasteiger partial charge in [-0.25, -0.2) is 0 Å². The van der Waals surface area contributed by atoms with Gasteiger partial charge in [0.2, 0.25) is 6.79 Å². The number of nitrogens with zero attached hydrogens (tertiary/aromatic N) is 1. The van der Waals surface area contributed by atoms with E-state index in [1.54, 1.807) is 0 Å². The van der Waals surface area contributed by atoms with Gasteiger partial charge in [-0.15, -0.1) is 0 Å². The first-order valence-corrected chi connectivity index (χ1v) is 5.36. The predicted octanol–water partition coefficient (Wildman–Crippen LogP) is 1.59. The van der Waals surface area contributed by atoms with Crippen molar-refractivity contribution in [3.05, 3.63) is 23.8 Å². The third kappa shape index (κ3) is 1.47. The molecule has 0 spiro atoms. The molecule has 15 heavy (non-hydrogen) atoms. The lowest BCUT2D eigenvalue weighted by Gasteiger charge is -2.44.